The van der Waals surface area contributed by atoms with E-state index in [0.717, 1.165) is 11.6 Å². The smallest absolute Gasteiger partial charge is 0.227 e. The van der Waals surface area contributed by atoms with Gasteiger partial charge in [-0.2, -0.15) is 0 Å². The number of rotatable bonds is 4. The minimum Gasteiger partial charge on any atom is -0.392 e. The monoisotopic (exact) mass is 401 g/mol. The van der Waals surface area contributed by atoms with Gasteiger partial charge in [0.25, 0.3) is 0 Å². The van der Waals surface area contributed by atoms with Crippen molar-refractivity contribution >= 4 is 5.91 Å². The van der Waals surface area contributed by atoms with Crippen LogP contribution in [0.15, 0.2) is 24.3 Å². The molecular weight excluding hydrogens is 373 g/mol. The van der Waals surface area contributed by atoms with Crippen LogP contribution in [0, 0.1) is 5.82 Å². The average Bonchev–Trinajstić information content (AvgIpc) is 3.18. The molecule has 0 unspecified atom stereocenters. The van der Waals surface area contributed by atoms with E-state index >= 15 is 0 Å². The van der Waals surface area contributed by atoms with Crippen molar-refractivity contribution in [2.75, 3.05) is 19.6 Å². The van der Waals surface area contributed by atoms with Crippen molar-refractivity contribution in [3.63, 3.8) is 0 Å². The van der Waals surface area contributed by atoms with Gasteiger partial charge in [0.05, 0.1) is 18.6 Å². The van der Waals surface area contributed by atoms with Crippen LogP contribution in [-0.4, -0.2) is 67.4 Å². The quantitative estimate of drug-likeness (QED) is 0.842. The Balaban J connectivity index is 1.47. The Hall–Kier alpha value is -2.32. The third-order valence-electron chi connectivity index (χ3n) is 5.93. The highest BCUT2D eigenvalue weighted by molar-refractivity contribution is 5.78. The van der Waals surface area contributed by atoms with E-state index in [-0.39, 0.29) is 30.3 Å². The van der Waals surface area contributed by atoms with E-state index in [1.807, 2.05) is 4.90 Å². The fourth-order valence-corrected chi connectivity index (χ4v) is 4.44. The van der Waals surface area contributed by atoms with Gasteiger partial charge in [-0.1, -0.05) is 12.1 Å². The minimum atomic E-state index is -0.356. The van der Waals surface area contributed by atoms with Gasteiger partial charge in [0.2, 0.25) is 5.91 Å². The Morgan fingerprint density at radius 3 is 2.86 bits per heavy atom. The van der Waals surface area contributed by atoms with Crippen LogP contribution in [0.25, 0.3) is 0 Å². The molecule has 2 aliphatic heterocycles. The molecule has 2 atom stereocenters. The van der Waals surface area contributed by atoms with Gasteiger partial charge in [0.15, 0.2) is 5.82 Å². The molecule has 1 aromatic carbocycles. The van der Waals surface area contributed by atoms with Crippen molar-refractivity contribution in [2.24, 2.45) is 0 Å². The van der Waals surface area contributed by atoms with E-state index in [9.17, 15) is 14.3 Å². The number of benzene rings is 1. The molecule has 3 heterocycles. The highest BCUT2D eigenvalue weighted by Gasteiger charge is 2.37. The molecule has 0 bridgehead atoms. The Kier molecular flexibility index (Phi) is 5.65. The second-order valence-electron chi connectivity index (χ2n) is 8.26. The number of carbonyl (C=O) groups is 1. The number of halogens is 1. The number of hydrogen-bond donors (Lipinski definition) is 1. The summed E-state index contributed by atoms with van der Waals surface area (Å²) in [6.07, 6.45) is 1.13. The molecule has 0 spiro atoms. The maximum atomic E-state index is 13.4. The molecule has 0 saturated carbocycles. The predicted molar refractivity (Wildman–Crippen MR) is 106 cm³/mol. The molecule has 0 aliphatic carbocycles. The molecule has 4 rings (SSSR count). The summed E-state index contributed by atoms with van der Waals surface area (Å²) >= 11 is 0. The number of carbonyl (C=O) groups excluding carboxylic acids is 1. The third-order valence-corrected chi connectivity index (χ3v) is 5.93. The Labute approximate surface area is 170 Å². The van der Waals surface area contributed by atoms with Crippen molar-refractivity contribution in [3.05, 3.63) is 47.3 Å². The first-order valence-electron chi connectivity index (χ1n) is 10.3. The zero-order valence-electron chi connectivity index (χ0n) is 17.0. The Morgan fingerprint density at radius 1 is 1.28 bits per heavy atom. The fraction of sp³-hybridized carbons (Fsp3) is 0.571. The fourth-order valence-electron chi connectivity index (χ4n) is 4.44. The van der Waals surface area contributed by atoms with Crippen molar-refractivity contribution in [1.82, 2.24) is 24.6 Å². The van der Waals surface area contributed by atoms with Crippen LogP contribution in [0.5, 0.6) is 0 Å². The Bertz CT molecular complexity index is 884. The highest BCUT2D eigenvalue weighted by Crippen LogP contribution is 2.33. The molecule has 8 heteroatoms. The number of hydrogen-bond acceptors (Lipinski definition) is 5. The predicted octanol–water partition coefficient (Wildman–Crippen LogP) is 1.56. The van der Waals surface area contributed by atoms with E-state index in [1.54, 1.807) is 12.1 Å². The first-order valence-corrected chi connectivity index (χ1v) is 10.3. The molecule has 29 heavy (non-hydrogen) atoms. The molecule has 1 amide bonds. The van der Waals surface area contributed by atoms with Crippen molar-refractivity contribution < 1.29 is 14.3 Å². The number of likely N-dealkylation sites (tertiary alicyclic amines) is 1. The zero-order valence-corrected chi connectivity index (χ0v) is 17.0. The number of aliphatic hydroxyl groups is 1. The van der Waals surface area contributed by atoms with E-state index < -0.39 is 0 Å². The Morgan fingerprint density at radius 2 is 2.10 bits per heavy atom. The number of nitrogens with zero attached hydrogens (tertiary/aromatic N) is 5. The molecule has 1 aromatic heterocycles. The van der Waals surface area contributed by atoms with E-state index in [2.05, 4.69) is 33.5 Å². The van der Waals surface area contributed by atoms with Gasteiger partial charge < -0.3 is 14.6 Å². The summed E-state index contributed by atoms with van der Waals surface area (Å²) < 4.78 is 15.5. The maximum absolute atomic E-state index is 13.4. The number of fused-ring (bicyclic) bond motifs is 1. The van der Waals surface area contributed by atoms with Crippen LogP contribution in [0.1, 0.15) is 43.5 Å². The van der Waals surface area contributed by atoms with Crippen molar-refractivity contribution in [1.29, 1.82) is 0 Å². The minimum absolute atomic E-state index is 0.00374. The number of aliphatic hydroxyl groups excluding tert-OH is 1. The average molecular weight is 401 g/mol. The second kappa shape index (κ2) is 8.20. The summed E-state index contributed by atoms with van der Waals surface area (Å²) in [7, 11) is 0. The van der Waals surface area contributed by atoms with Gasteiger partial charge in [-0.15, -0.1) is 10.2 Å². The van der Waals surface area contributed by atoms with Crippen LogP contribution in [0.4, 0.5) is 4.39 Å². The third kappa shape index (κ3) is 4.18. The summed E-state index contributed by atoms with van der Waals surface area (Å²) in [6, 6.07) is 6.55. The molecule has 2 aromatic rings. The highest BCUT2D eigenvalue weighted by atomic mass is 19.1. The summed E-state index contributed by atoms with van der Waals surface area (Å²) in [4.78, 5) is 16.8. The van der Waals surface area contributed by atoms with E-state index in [4.69, 9.17) is 0 Å². The van der Waals surface area contributed by atoms with Gasteiger partial charge in [-0.05, 0) is 38.0 Å². The van der Waals surface area contributed by atoms with Gasteiger partial charge in [0.1, 0.15) is 11.6 Å². The SMILES string of the molecule is CC(C)N1C[C@H](O)C[C@H]1c1nnc2n1CCN(C(=O)Cc1cccc(F)c1)CC2. The van der Waals surface area contributed by atoms with Crippen LogP contribution in [0.3, 0.4) is 0 Å². The number of aromatic nitrogens is 3. The molecule has 1 saturated heterocycles. The molecule has 1 fully saturated rings. The van der Waals surface area contributed by atoms with Crippen molar-refractivity contribution in [2.45, 2.75) is 57.8 Å². The van der Waals surface area contributed by atoms with Gasteiger partial charge >= 0.3 is 0 Å². The largest absolute Gasteiger partial charge is 0.392 e. The molecule has 2 aliphatic rings. The lowest BCUT2D eigenvalue weighted by Gasteiger charge is -2.27. The van der Waals surface area contributed by atoms with Crippen LogP contribution in [0.2, 0.25) is 0 Å². The van der Waals surface area contributed by atoms with E-state index in [1.165, 1.54) is 12.1 Å². The lowest BCUT2D eigenvalue weighted by molar-refractivity contribution is -0.130. The molecule has 1 N–H and O–H groups in total. The second-order valence-corrected chi connectivity index (χ2v) is 8.26. The number of β-amino-alcohol motifs (C(OH)–C–C–N with tert-alkyl or cyclic N) is 1. The van der Waals surface area contributed by atoms with Gasteiger partial charge in [0, 0.05) is 38.6 Å². The lowest BCUT2D eigenvalue weighted by atomic mass is 10.1. The molecule has 156 valence electrons. The molecule has 7 nitrogen and oxygen atoms in total. The topological polar surface area (TPSA) is 74.5 Å². The van der Waals surface area contributed by atoms with Crippen molar-refractivity contribution in [3.8, 4) is 0 Å². The lowest BCUT2D eigenvalue weighted by Crippen LogP contribution is -2.35. The first kappa shape index (κ1) is 20.0. The van der Waals surface area contributed by atoms with Crippen LogP contribution >= 0.6 is 0 Å². The molecular formula is C21H28FN5O2. The van der Waals surface area contributed by atoms with Crippen LogP contribution < -0.4 is 0 Å². The first-order chi connectivity index (χ1) is 13.9. The maximum Gasteiger partial charge on any atom is 0.227 e. The normalized spacial score (nSPS) is 22.7. The van der Waals surface area contributed by atoms with E-state index in [0.29, 0.717) is 50.6 Å². The standard InChI is InChI=1S/C21H28FN5O2/c1-14(2)27-13-17(28)12-18(27)21-24-23-19-6-7-25(8-9-26(19)21)20(29)11-15-4-3-5-16(22)10-15/h3-5,10,14,17-18,28H,6-9,11-13H2,1-2H3/t17-,18+/m1/s1. The zero-order chi connectivity index (χ0) is 20.5. The molecule has 0 radical (unpaired) electrons. The van der Waals surface area contributed by atoms with Gasteiger partial charge in [-0.25, -0.2) is 4.39 Å². The summed E-state index contributed by atoms with van der Waals surface area (Å²) in [5.74, 6) is 1.43. The summed E-state index contributed by atoms with van der Waals surface area (Å²) in [5.41, 5.74) is 0.687. The summed E-state index contributed by atoms with van der Waals surface area (Å²) in [5, 5.41) is 19.0. The van der Waals surface area contributed by atoms with Crippen LogP contribution in [-0.2, 0) is 24.2 Å². The van der Waals surface area contributed by atoms with Gasteiger partial charge in [-0.3, -0.25) is 9.69 Å². The number of amides is 1. The summed E-state index contributed by atoms with van der Waals surface area (Å²) in [6.45, 7) is 6.67.